The second-order valence-electron chi connectivity index (χ2n) is 7.38. The largest absolute Gasteiger partial charge is 0.497 e. The van der Waals surface area contributed by atoms with Crippen molar-refractivity contribution in [2.75, 3.05) is 60.1 Å². The van der Waals surface area contributed by atoms with Crippen molar-refractivity contribution < 1.29 is 19.0 Å². The first kappa shape index (κ1) is 23.2. The highest BCUT2D eigenvalue weighted by Crippen LogP contribution is 2.25. The van der Waals surface area contributed by atoms with Crippen LogP contribution < -0.4 is 19.5 Å². The number of amides is 1. The summed E-state index contributed by atoms with van der Waals surface area (Å²) in [6.45, 7) is 5.57. The summed E-state index contributed by atoms with van der Waals surface area (Å²) in [7, 11) is 3.35. The first-order valence-corrected chi connectivity index (χ1v) is 10.8. The molecule has 0 radical (unpaired) electrons. The zero-order chi connectivity index (χ0) is 22.1. The summed E-state index contributed by atoms with van der Waals surface area (Å²) >= 11 is 5.85. The molecular weight excluding hydrogens is 418 g/mol. The molecule has 0 atom stereocenters. The minimum Gasteiger partial charge on any atom is -0.497 e. The summed E-state index contributed by atoms with van der Waals surface area (Å²) in [5.74, 6) is 2.44. The van der Waals surface area contributed by atoms with E-state index < -0.39 is 0 Å². The number of methoxy groups -OCH3 is 2. The molecule has 0 aromatic heterocycles. The van der Waals surface area contributed by atoms with Gasteiger partial charge in [0.1, 0.15) is 23.9 Å². The van der Waals surface area contributed by atoms with E-state index in [0.29, 0.717) is 24.7 Å². The zero-order valence-corrected chi connectivity index (χ0v) is 18.9. The summed E-state index contributed by atoms with van der Waals surface area (Å²) in [5.41, 5.74) is 1.11. The molecular formula is C23H30ClN3O4. The van der Waals surface area contributed by atoms with Gasteiger partial charge in [-0.2, -0.15) is 0 Å². The van der Waals surface area contributed by atoms with Crippen LogP contribution in [0.5, 0.6) is 17.2 Å². The van der Waals surface area contributed by atoms with Crippen molar-refractivity contribution in [1.29, 1.82) is 0 Å². The van der Waals surface area contributed by atoms with Crippen LogP contribution in [0.3, 0.4) is 0 Å². The van der Waals surface area contributed by atoms with E-state index in [0.717, 1.165) is 55.5 Å². The lowest BCUT2D eigenvalue weighted by Crippen LogP contribution is -2.49. The normalized spacial score (nSPS) is 14.8. The number of benzene rings is 2. The molecule has 3 rings (SSSR count). The number of carbonyl (C=O) groups is 1. The highest BCUT2D eigenvalue weighted by Gasteiger charge is 2.20. The molecule has 1 aliphatic rings. The van der Waals surface area contributed by atoms with E-state index in [1.807, 2.05) is 30.3 Å². The molecule has 7 nitrogen and oxygen atoms in total. The molecule has 0 bridgehead atoms. The van der Waals surface area contributed by atoms with Gasteiger partial charge in [-0.25, -0.2) is 0 Å². The number of hydrogen-bond acceptors (Lipinski definition) is 6. The number of nitrogens with one attached hydrogen (secondary N) is 1. The lowest BCUT2D eigenvalue weighted by Gasteiger charge is -2.34. The Morgan fingerprint density at radius 2 is 1.65 bits per heavy atom. The fourth-order valence-electron chi connectivity index (χ4n) is 3.50. The molecule has 1 N–H and O–H groups in total. The molecule has 1 heterocycles. The van der Waals surface area contributed by atoms with E-state index in [9.17, 15) is 4.79 Å². The average Bonchev–Trinajstić information content (AvgIpc) is 2.79. The predicted octanol–water partition coefficient (Wildman–Crippen LogP) is 2.67. The molecule has 168 valence electrons. The molecule has 0 spiro atoms. The second-order valence-corrected chi connectivity index (χ2v) is 7.82. The van der Waals surface area contributed by atoms with Gasteiger partial charge in [0.25, 0.3) is 0 Å². The van der Waals surface area contributed by atoms with Crippen LogP contribution in [0, 0.1) is 0 Å². The molecule has 8 heteroatoms. The van der Waals surface area contributed by atoms with Crippen molar-refractivity contribution in [3.05, 3.63) is 53.1 Å². The van der Waals surface area contributed by atoms with Crippen LogP contribution in [-0.4, -0.2) is 75.8 Å². The highest BCUT2D eigenvalue weighted by atomic mass is 35.5. The Bertz CT molecular complexity index is 839. The number of ether oxygens (including phenoxy) is 3. The van der Waals surface area contributed by atoms with Gasteiger partial charge in [-0.15, -0.1) is 0 Å². The minimum absolute atomic E-state index is 0.0163. The zero-order valence-electron chi connectivity index (χ0n) is 18.1. The van der Waals surface area contributed by atoms with Crippen LogP contribution in [0.25, 0.3) is 0 Å². The van der Waals surface area contributed by atoms with Gasteiger partial charge < -0.3 is 19.5 Å². The van der Waals surface area contributed by atoms with Crippen molar-refractivity contribution in [2.45, 2.75) is 6.54 Å². The maximum atomic E-state index is 12.2. The van der Waals surface area contributed by atoms with Crippen molar-refractivity contribution in [1.82, 2.24) is 15.1 Å². The quantitative estimate of drug-likeness (QED) is 0.565. The molecule has 1 saturated heterocycles. The molecule has 31 heavy (non-hydrogen) atoms. The molecule has 1 amide bonds. The lowest BCUT2D eigenvalue weighted by atomic mass is 10.1. The van der Waals surface area contributed by atoms with Crippen LogP contribution in [0.2, 0.25) is 5.02 Å². The second kappa shape index (κ2) is 11.8. The Morgan fingerprint density at radius 3 is 2.32 bits per heavy atom. The SMILES string of the molecule is COc1ccc(OC)c(CN2CCN(CC(=O)NCCOc3ccc(Cl)cc3)CC2)c1. The molecule has 2 aromatic rings. The minimum atomic E-state index is 0.0163. The maximum Gasteiger partial charge on any atom is 0.234 e. The highest BCUT2D eigenvalue weighted by molar-refractivity contribution is 6.30. The average molecular weight is 448 g/mol. The summed E-state index contributed by atoms with van der Waals surface area (Å²) < 4.78 is 16.4. The number of hydrogen-bond donors (Lipinski definition) is 1. The topological polar surface area (TPSA) is 63.3 Å². The number of halogens is 1. The smallest absolute Gasteiger partial charge is 0.234 e. The van der Waals surface area contributed by atoms with Crippen molar-refractivity contribution in [3.63, 3.8) is 0 Å². The molecule has 0 unspecified atom stereocenters. The molecule has 1 aliphatic heterocycles. The van der Waals surface area contributed by atoms with Gasteiger partial charge in [0, 0.05) is 43.3 Å². The standard InChI is InChI=1S/C23H30ClN3O4/c1-29-21-7-8-22(30-2)18(15-21)16-26-10-12-27(13-11-26)17-23(28)25-9-14-31-20-5-3-19(24)4-6-20/h3-8,15H,9-14,16-17H2,1-2H3,(H,25,28). The summed E-state index contributed by atoms with van der Waals surface area (Å²) in [6.07, 6.45) is 0. The van der Waals surface area contributed by atoms with Crippen LogP contribution in [-0.2, 0) is 11.3 Å². The summed E-state index contributed by atoms with van der Waals surface area (Å²) in [5, 5.41) is 3.58. The number of rotatable bonds is 10. The number of piperazine rings is 1. The number of carbonyl (C=O) groups excluding carboxylic acids is 1. The fourth-order valence-corrected chi connectivity index (χ4v) is 3.63. The van der Waals surface area contributed by atoms with E-state index in [-0.39, 0.29) is 5.91 Å². The number of nitrogens with zero attached hydrogens (tertiary/aromatic N) is 2. The van der Waals surface area contributed by atoms with Gasteiger partial charge in [0.2, 0.25) is 5.91 Å². The van der Waals surface area contributed by atoms with Gasteiger partial charge in [-0.05, 0) is 42.5 Å². The van der Waals surface area contributed by atoms with E-state index in [1.165, 1.54) is 0 Å². The van der Waals surface area contributed by atoms with Crippen LogP contribution >= 0.6 is 11.6 Å². The van der Waals surface area contributed by atoms with E-state index in [4.69, 9.17) is 25.8 Å². The Labute approximate surface area is 188 Å². The molecule has 1 fully saturated rings. The van der Waals surface area contributed by atoms with Crippen LogP contribution in [0.4, 0.5) is 0 Å². The van der Waals surface area contributed by atoms with E-state index >= 15 is 0 Å². The van der Waals surface area contributed by atoms with Crippen molar-refractivity contribution in [3.8, 4) is 17.2 Å². The predicted molar refractivity (Wildman–Crippen MR) is 121 cm³/mol. The van der Waals surface area contributed by atoms with Gasteiger partial charge >= 0.3 is 0 Å². The molecule has 0 aliphatic carbocycles. The van der Waals surface area contributed by atoms with Gasteiger partial charge in [-0.1, -0.05) is 11.6 Å². The third-order valence-electron chi connectivity index (χ3n) is 5.22. The van der Waals surface area contributed by atoms with Gasteiger partial charge in [0.15, 0.2) is 0 Å². The Balaban J connectivity index is 1.35. The fraction of sp³-hybridized carbons (Fsp3) is 0.435. The Hall–Kier alpha value is -2.48. The summed E-state index contributed by atoms with van der Waals surface area (Å²) in [4.78, 5) is 16.8. The van der Waals surface area contributed by atoms with Gasteiger partial charge in [-0.3, -0.25) is 14.6 Å². The lowest BCUT2D eigenvalue weighted by molar-refractivity contribution is -0.122. The first-order chi connectivity index (χ1) is 15.1. The first-order valence-electron chi connectivity index (χ1n) is 10.4. The monoisotopic (exact) mass is 447 g/mol. The Kier molecular flexibility index (Phi) is 8.82. The Morgan fingerprint density at radius 1 is 0.968 bits per heavy atom. The van der Waals surface area contributed by atoms with Crippen molar-refractivity contribution in [2.24, 2.45) is 0 Å². The summed E-state index contributed by atoms with van der Waals surface area (Å²) in [6, 6.07) is 13.0. The third-order valence-corrected chi connectivity index (χ3v) is 5.47. The molecule has 0 saturated carbocycles. The van der Waals surface area contributed by atoms with Crippen LogP contribution in [0.15, 0.2) is 42.5 Å². The van der Waals surface area contributed by atoms with E-state index in [2.05, 4.69) is 15.1 Å². The van der Waals surface area contributed by atoms with Crippen molar-refractivity contribution >= 4 is 17.5 Å². The third kappa shape index (κ3) is 7.31. The molecule has 2 aromatic carbocycles. The van der Waals surface area contributed by atoms with E-state index in [1.54, 1.807) is 26.4 Å². The van der Waals surface area contributed by atoms with Gasteiger partial charge in [0.05, 0.1) is 27.3 Å². The van der Waals surface area contributed by atoms with Crippen LogP contribution in [0.1, 0.15) is 5.56 Å². The maximum absolute atomic E-state index is 12.2.